The minimum Gasteiger partial charge on any atom is -0.456 e. The van der Waals surface area contributed by atoms with Crippen LogP contribution >= 0.6 is 15.9 Å². The summed E-state index contributed by atoms with van der Waals surface area (Å²) in [6.45, 7) is 0. The van der Waals surface area contributed by atoms with Crippen LogP contribution in [0.15, 0.2) is 40.9 Å². The van der Waals surface area contributed by atoms with Gasteiger partial charge in [0, 0.05) is 11.6 Å². The van der Waals surface area contributed by atoms with E-state index >= 15 is 0 Å². The first-order valence-corrected chi connectivity index (χ1v) is 6.05. The van der Waals surface area contributed by atoms with Gasteiger partial charge in [0.2, 0.25) is 0 Å². The lowest BCUT2D eigenvalue weighted by Crippen LogP contribution is -1.91. The Morgan fingerprint density at radius 1 is 1.26 bits per heavy atom. The molecular formula is C14H7BrFNO2. The molecule has 0 fully saturated rings. The van der Waals surface area contributed by atoms with Crippen LogP contribution in [-0.4, -0.2) is 6.29 Å². The van der Waals surface area contributed by atoms with E-state index in [-0.39, 0.29) is 17.1 Å². The molecule has 2 aromatic rings. The second-order valence-electron chi connectivity index (χ2n) is 3.66. The Hall–Kier alpha value is -2.19. The summed E-state index contributed by atoms with van der Waals surface area (Å²) < 4.78 is 19.1. The van der Waals surface area contributed by atoms with Gasteiger partial charge in [0.05, 0.1) is 10.0 Å². The van der Waals surface area contributed by atoms with Crippen LogP contribution in [0.5, 0.6) is 11.5 Å². The van der Waals surface area contributed by atoms with Crippen LogP contribution < -0.4 is 4.74 Å². The molecule has 0 aliphatic heterocycles. The highest BCUT2D eigenvalue weighted by Gasteiger charge is 2.08. The zero-order valence-electron chi connectivity index (χ0n) is 9.56. The molecule has 0 aromatic heterocycles. The van der Waals surface area contributed by atoms with Crippen LogP contribution in [0.25, 0.3) is 0 Å². The number of aldehydes is 1. The molecule has 0 saturated heterocycles. The van der Waals surface area contributed by atoms with E-state index in [9.17, 15) is 9.18 Å². The monoisotopic (exact) mass is 319 g/mol. The number of nitrogens with zero attached hydrogens (tertiary/aromatic N) is 1. The van der Waals surface area contributed by atoms with E-state index in [1.165, 1.54) is 30.3 Å². The predicted octanol–water partition coefficient (Wildman–Crippen LogP) is 4.06. The van der Waals surface area contributed by atoms with Crippen molar-refractivity contribution in [2.45, 2.75) is 0 Å². The lowest BCUT2D eigenvalue weighted by molar-refractivity contribution is 0.112. The summed E-state index contributed by atoms with van der Waals surface area (Å²) in [5, 5.41) is 8.99. The molecule has 0 heterocycles. The molecule has 0 amide bonds. The van der Waals surface area contributed by atoms with Crippen LogP contribution in [0.2, 0.25) is 0 Å². The molecule has 0 N–H and O–H groups in total. The van der Waals surface area contributed by atoms with Gasteiger partial charge in [-0.05, 0) is 46.3 Å². The van der Waals surface area contributed by atoms with E-state index < -0.39 is 5.82 Å². The summed E-state index contributed by atoms with van der Waals surface area (Å²) >= 11 is 3.04. The topological polar surface area (TPSA) is 50.1 Å². The van der Waals surface area contributed by atoms with Gasteiger partial charge in [-0.2, -0.15) is 5.26 Å². The Morgan fingerprint density at radius 3 is 2.68 bits per heavy atom. The second kappa shape index (κ2) is 5.63. The molecule has 0 radical (unpaired) electrons. The van der Waals surface area contributed by atoms with E-state index in [0.29, 0.717) is 16.3 Å². The number of rotatable bonds is 3. The van der Waals surface area contributed by atoms with Crippen LogP contribution in [0.3, 0.4) is 0 Å². The van der Waals surface area contributed by atoms with Gasteiger partial charge < -0.3 is 4.74 Å². The zero-order valence-corrected chi connectivity index (χ0v) is 11.1. The van der Waals surface area contributed by atoms with E-state index in [4.69, 9.17) is 10.00 Å². The third kappa shape index (κ3) is 2.98. The molecule has 94 valence electrons. The van der Waals surface area contributed by atoms with Crippen molar-refractivity contribution >= 4 is 22.2 Å². The van der Waals surface area contributed by atoms with Gasteiger partial charge in [0.1, 0.15) is 29.7 Å². The molecule has 0 aliphatic rings. The minimum absolute atomic E-state index is 0.216. The summed E-state index contributed by atoms with van der Waals surface area (Å²) in [4.78, 5) is 10.6. The normalized spacial score (nSPS) is 9.74. The van der Waals surface area contributed by atoms with Crippen molar-refractivity contribution in [1.29, 1.82) is 5.26 Å². The summed E-state index contributed by atoms with van der Waals surface area (Å²) in [6.07, 6.45) is 0.643. The number of carbonyl (C=O) groups excluding carboxylic acids is 1. The predicted molar refractivity (Wildman–Crippen MR) is 70.7 cm³/mol. The number of hydrogen-bond acceptors (Lipinski definition) is 3. The first kappa shape index (κ1) is 13.2. The largest absolute Gasteiger partial charge is 0.456 e. The van der Waals surface area contributed by atoms with Gasteiger partial charge >= 0.3 is 0 Å². The van der Waals surface area contributed by atoms with Crippen molar-refractivity contribution in [3.63, 3.8) is 0 Å². The Morgan fingerprint density at radius 2 is 2.05 bits per heavy atom. The number of benzene rings is 2. The van der Waals surface area contributed by atoms with Crippen LogP contribution in [0.1, 0.15) is 15.9 Å². The quantitative estimate of drug-likeness (QED) is 0.801. The third-order valence-electron chi connectivity index (χ3n) is 2.38. The van der Waals surface area contributed by atoms with Crippen molar-refractivity contribution in [2.75, 3.05) is 0 Å². The summed E-state index contributed by atoms with van der Waals surface area (Å²) in [6, 6.07) is 10.7. The Labute approximate surface area is 117 Å². The summed E-state index contributed by atoms with van der Waals surface area (Å²) in [7, 11) is 0. The van der Waals surface area contributed by atoms with Gasteiger partial charge in [-0.1, -0.05) is 0 Å². The fraction of sp³-hybridized carbons (Fsp3) is 0. The van der Waals surface area contributed by atoms with Crippen molar-refractivity contribution in [2.24, 2.45) is 0 Å². The second-order valence-corrected chi connectivity index (χ2v) is 4.52. The smallest absolute Gasteiger partial charge is 0.150 e. The van der Waals surface area contributed by atoms with Crippen molar-refractivity contribution in [3.05, 3.63) is 57.8 Å². The maximum absolute atomic E-state index is 13.3. The van der Waals surface area contributed by atoms with Crippen molar-refractivity contribution in [3.8, 4) is 17.6 Å². The minimum atomic E-state index is -0.458. The Balaban J connectivity index is 2.35. The van der Waals surface area contributed by atoms with Crippen LogP contribution in [0, 0.1) is 17.1 Å². The molecule has 0 atom stereocenters. The first-order valence-electron chi connectivity index (χ1n) is 5.26. The van der Waals surface area contributed by atoms with E-state index in [2.05, 4.69) is 15.9 Å². The number of halogens is 2. The Bertz CT molecular complexity index is 680. The number of ether oxygens (including phenoxy) is 1. The number of hydrogen-bond donors (Lipinski definition) is 0. The highest BCUT2D eigenvalue weighted by Crippen LogP contribution is 2.28. The van der Waals surface area contributed by atoms with Gasteiger partial charge in [0.15, 0.2) is 0 Å². The lowest BCUT2D eigenvalue weighted by atomic mass is 10.1. The fourth-order valence-corrected chi connectivity index (χ4v) is 1.71. The highest BCUT2D eigenvalue weighted by atomic mass is 79.9. The molecule has 0 saturated carbocycles. The number of nitriles is 1. The molecule has 2 aromatic carbocycles. The maximum atomic E-state index is 13.3. The molecule has 0 aliphatic carbocycles. The first-order chi connectivity index (χ1) is 9.13. The molecule has 5 heteroatoms. The average Bonchev–Trinajstić information content (AvgIpc) is 2.43. The van der Waals surface area contributed by atoms with Gasteiger partial charge in [-0.3, -0.25) is 4.79 Å². The Kier molecular flexibility index (Phi) is 3.93. The van der Waals surface area contributed by atoms with E-state index in [1.54, 1.807) is 6.07 Å². The maximum Gasteiger partial charge on any atom is 0.150 e. The highest BCUT2D eigenvalue weighted by molar-refractivity contribution is 9.10. The third-order valence-corrected chi connectivity index (χ3v) is 3.02. The molecule has 3 nitrogen and oxygen atoms in total. The zero-order chi connectivity index (χ0) is 13.8. The van der Waals surface area contributed by atoms with Gasteiger partial charge in [-0.25, -0.2) is 4.39 Å². The van der Waals surface area contributed by atoms with Crippen LogP contribution in [-0.2, 0) is 0 Å². The molecule has 0 spiro atoms. The molecule has 0 unspecified atom stereocenters. The number of carbonyl (C=O) groups is 1. The van der Waals surface area contributed by atoms with Crippen molar-refractivity contribution < 1.29 is 13.9 Å². The van der Waals surface area contributed by atoms with Gasteiger partial charge in [0.25, 0.3) is 0 Å². The van der Waals surface area contributed by atoms with Gasteiger partial charge in [-0.15, -0.1) is 0 Å². The van der Waals surface area contributed by atoms with E-state index in [0.717, 1.165) is 0 Å². The average molecular weight is 320 g/mol. The summed E-state index contributed by atoms with van der Waals surface area (Å²) in [5.41, 5.74) is 0.596. The molecule has 0 bridgehead atoms. The summed E-state index contributed by atoms with van der Waals surface area (Å²) in [5.74, 6) is 0.0893. The van der Waals surface area contributed by atoms with Crippen LogP contribution in [0.4, 0.5) is 4.39 Å². The molecule has 2 rings (SSSR count). The lowest BCUT2D eigenvalue weighted by Gasteiger charge is -2.08. The molecular weight excluding hydrogens is 313 g/mol. The SMILES string of the molecule is N#Cc1cc(C=O)ccc1Oc1ccc(Br)c(F)c1. The molecule has 19 heavy (non-hydrogen) atoms. The van der Waals surface area contributed by atoms with Crippen molar-refractivity contribution in [1.82, 2.24) is 0 Å². The fourth-order valence-electron chi connectivity index (χ4n) is 1.46. The standard InChI is InChI=1S/C14H7BrFNO2/c15-12-3-2-11(6-13(12)16)19-14-4-1-9(8-18)5-10(14)7-17/h1-6,8H. The van der Waals surface area contributed by atoms with E-state index in [1.807, 2.05) is 6.07 Å².